The molecule has 2 rings (SSSR count). The summed E-state index contributed by atoms with van der Waals surface area (Å²) in [5.74, 6) is -0.951. The predicted molar refractivity (Wildman–Crippen MR) is 102 cm³/mol. The van der Waals surface area contributed by atoms with Gasteiger partial charge in [-0.1, -0.05) is 30.3 Å². The van der Waals surface area contributed by atoms with E-state index in [1.165, 1.54) is 19.1 Å². The van der Waals surface area contributed by atoms with Crippen molar-refractivity contribution in [3.8, 4) is 0 Å². The minimum absolute atomic E-state index is 0.224. The van der Waals surface area contributed by atoms with Crippen molar-refractivity contribution in [3.05, 3.63) is 66.0 Å². The molecule has 0 saturated carbocycles. The smallest absolute Gasteiger partial charge is 0.243 e. The monoisotopic (exact) mass is 394 g/mol. The number of benzene rings is 2. The predicted octanol–water partition coefficient (Wildman–Crippen LogP) is 2.31. The molecule has 0 aliphatic rings. The van der Waals surface area contributed by atoms with Gasteiger partial charge in [0.1, 0.15) is 11.9 Å². The van der Waals surface area contributed by atoms with E-state index >= 15 is 0 Å². The molecule has 27 heavy (non-hydrogen) atoms. The average Bonchev–Trinajstić information content (AvgIpc) is 2.62. The topological polar surface area (TPSA) is 75.7 Å². The lowest BCUT2D eigenvalue weighted by Gasteiger charge is -2.28. The number of rotatable bonds is 9. The van der Waals surface area contributed by atoms with Crippen molar-refractivity contribution in [1.29, 1.82) is 0 Å². The van der Waals surface area contributed by atoms with Crippen LogP contribution >= 0.6 is 0 Å². The number of carbonyl (C=O) groups is 1. The van der Waals surface area contributed by atoms with Crippen LogP contribution in [0.1, 0.15) is 12.5 Å². The van der Waals surface area contributed by atoms with Gasteiger partial charge < -0.3 is 10.1 Å². The molecule has 0 fully saturated rings. The Balaban J connectivity index is 1.90. The summed E-state index contributed by atoms with van der Waals surface area (Å²) < 4.78 is 43.8. The number of nitrogens with zero attached hydrogens (tertiary/aromatic N) is 1. The number of carbonyl (C=O) groups excluding carboxylic acids is 1. The molecular weight excluding hydrogens is 371 g/mol. The van der Waals surface area contributed by atoms with E-state index in [1.54, 1.807) is 0 Å². The maximum absolute atomic E-state index is 13.1. The molecule has 1 N–H and O–H groups in total. The van der Waals surface area contributed by atoms with Gasteiger partial charge in [-0.2, -0.15) is 0 Å². The van der Waals surface area contributed by atoms with E-state index in [2.05, 4.69) is 5.32 Å². The third kappa shape index (κ3) is 6.33. The van der Waals surface area contributed by atoms with Crippen molar-refractivity contribution < 1.29 is 22.3 Å². The van der Waals surface area contributed by atoms with Crippen LogP contribution in [-0.2, 0) is 26.2 Å². The molecule has 0 spiro atoms. The first kappa shape index (κ1) is 20.9. The number of ether oxygens (including phenoxy) is 1. The number of hydrogen-bond donors (Lipinski definition) is 1. The summed E-state index contributed by atoms with van der Waals surface area (Å²) in [6.07, 6.45) is 1.00. The molecule has 2 aromatic carbocycles. The van der Waals surface area contributed by atoms with Crippen LogP contribution < -0.4 is 9.62 Å². The minimum Gasteiger partial charge on any atom is -0.375 e. The lowest BCUT2D eigenvalue weighted by molar-refractivity contribution is -0.122. The van der Waals surface area contributed by atoms with Crippen molar-refractivity contribution in [1.82, 2.24) is 5.32 Å². The van der Waals surface area contributed by atoms with Gasteiger partial charge in [0.05, 0.1) is 25.2 Å². The highest BCUT2D eigenvalue weighted by atomic mass is 32.2. The first-order valence-corrected chi connectivity index (χ1v) is 10.3. The van der Waals surface area contributed by atoms with E-state index in [0.29, 0.717) is 13.2 Å². The quantitative estimate of drug-likeness (QED) is 0.663. The van der Waals surface area contributed by atoms with Gasteiger partial charge in [0.25, 0.3) is 0 Å². The van der Waals surface area contributed by atoms with Crippen molar-refractivity contribution in [2.24, 2.45) is 0 Å². The van der Waals surface area contributed by atoms with E-state index in [9.17, 15) is 17.6 Å². The zero-order valence-corrected chi connectivity index (χ0v) is 16.1. The molecular formula is C19H23FN2O4S. The first-order valence-electron chi connectivity index (χ1n) is 8.43. The fourth-order valence-corrected chi connectivity index (χ4v) is 3.73. The average molecular weight is 394 g/mol. The van der Waals surface area contributed by atoms with Crippen LogP contribution in [0.25, 0.3) is 0 Å². The van der Waals surface area contributed by atoms with Crippen molar-refractivity contribution in [2.45, 2.75) is 19.6 Å². The normalized spacial score (nSPS) is 12.4. The number of nitrogens with one attached hydrogen (secondary N) is 1. The van der Waals surface area contributed by atoms with E-state index in [0.717, 1.165) is 28.3 Å². The van der Waals surface area contributed by atoms with E-state index in [-0.39, 0.29) is 12.2 Å². The summed E-state index contributed by atoms with van der Waals surface area (Å²) in [6, 6.07) is 13.6. The van der Waals surface area contributed by atoms with E-state index in [1.807, 2.05) is 30.3 Å². The molecule has 0 aliphatic carbocycles. The lowest BCUT2D eigenvalue weighted by Crippen LogP contribution is -2.48. The number of anilines is 1. The standard InChI is InChI=1S/C19H23FN2O4S/c1-15(22(27(2,24)25)18-10-8-17(20)9-11-18)19(23)21-12-13-26-14-16-6-4-3-5-7-16/h3-11,15H,12-14H2,1-2H3,(H,21,23)/t15-/m0/s1. The Labute approximate surface area is 159 Å². The Morgan fingerprint density at radius 1 is 1.15 bits per heavy atom. The Bertz CT molecular complexity index is 842. The van der Waals surface area contributed by atoms with Crippen LogP contribution in [0, 0.1) is 5.82 Å². The van der Waals surface area contributed by atoms with Gasteiger partial charge >= 0.3 is 0 Å². The van der Waals surface area contributed by atoms with Crippen molar-refractivity contribution in [2.75, 3.05) is 23.7 Å². The SMILES string of the molecule is C[C@@H](C(=O)NCCOCc1ccccc1)N(c1ccc(F)cc1)S(C)(=O)=O. The second-order valence-electron chi connectivity index (χ2n) is 6.04. The molecule has 2 aromatic rings. The molecule has 8 heteroatoms. The first-order chi connectivity index (χ1) is 12.8. The van der Waals surface area contributed by atoms with Gasteiger partial charge in [-0.25, -0.2) is 12.8 Å². The summed E-state index contributed by atoms with van der Waals surface area (Å²) in [6.45, 7) is 2.45. The van der Waals surface area contributed by atoms with Crippen LogP contribution in [0.3, 0.4) is 0 Å². The van der Waals surface area contributed by atoms with E-state index < -0.39 is 27.8 Å². The summed E-state index contributed by atoms with van der Waals surface area (Å²) >= 11 is 0. The highest BCUT2D eigenvalue weighted by molar-refractivity contribution is 7.92. The Hall–Kier alpha value is -2.45. The molecule has 0 radical (unpaired) electrons. The molecule has 1 amide bonds. The van der Waals surface area contributed by atoms with E-state index in [4.69, 9.17) is 4.74 Å². The molecule has 0 aromatic heterocycles. The summed E-state index contributed by atoms with van der Waals surface area (Å²) in [5, 5.41) is 2.66. The van der Waals surface area contributed by atoms with Crippen LogP contribution in [0.15, 0.2) is 54.6 Å². The highest BCUT2D eigenvalue weighted by Crippen LogP contribution is 2.21. The number of halogens is 1. The maximum atomic E-state index is 13.1. The second kappa shape index (κ2) is 9.48. The van der Waals surface area contributed by atoms with Gasteiger partial charge in [0.2, 0.25) is 15.9 Å². The third-order valence-corrected chi connectivity index (χ3v) is 5.07. The van der Waals surface area contributed by atoms with Gasteiger partial charge in [-0.15, -0.1) is 0 Å². The Kier molecular flexibility index (Phi) is 7.32. The highest BCUT2D eigenvalue weighted by Gasteiger charge is 2.28. The largest absolute Gasteiger partial charge is 0.375 e. The molecule has 146 valence electrons. The zero-order valence-electron chi connectivity index (χ0n) is 15.3. The fraction of sp³-hybridized carbons (Fsp3) is 0.316. The molecule has 0 bridgehead atoms. The second-order valence-corrected chi connectivity index (χ2v) is 7.90. The molecule has 1 atom stereocenters. The molecule has 0 saturated heterocycles. The summed E-state index contributed by atoms with van der Waals surface area (Å²) in [5.41, 5.74) is 1.25. The minimum atomic E-state index is -3.73. The number of hydrogen-bond acceptors (Lipinski definition) is 4. The van der Waals surface area contributed by atoms with Gasteiger partial charge in [-0.3, -0.25) is 9.10 Å². The van der Waals surface area contributed by atoms with Gasteiger partial charge in [0, 0.05) is 6.54 Å². The lowest BCUT2D eigenvalue weighted by atomic mass is 10.2. The molecule has 0 heterocycles. The molecule has 0 aliphatic heterocycles. The van der Waals surface area contributed by atoms with Gasteiger partial charge in [0.15, 0.2) is 0 Å². The number of amides is 1. The van der Waals surface area contributed by atoms with Crippen LogP contribution in [0.2, 0.25) is 0 Å². The Morgan fingerprint density at radius 3 is 2.37 bits per heavy atom. The zero-order chi connectivity index (χ0) is 19.9. The van der Waals surface area contributed by atoms with Crippen LogP contribution in [0.5, 0.6) is 0 Å². The number of sulfonamides is 1. The summed E-state index contributed by atoms with van der Waals surface area (Å²) in [7, 11) is -3.73. The Morgan fingerprint density at radius 2 is 1.78 bits per heavy atom. The van der Waals surface area contributed by atoms with Crippen molar-refractivity contribution >= 4 is 21.6 Å². The van der Waals surface area contributed by atoms with Crippen molar-refractivity contribution in [3.63, 3.8) is 0 Å². The van der Waals surface area contributed by atoms with Crippen LogP contribution in [0.4, 0.5) is 10.1 Å². The fourth-order valence-electron chi connectivity index (χ4n) is 2.56. The maximum Gasteiger partial charge on any atom is 0.243 e. The third-order valence-electron chi connectivity index (χ3n) is 3.83. The van der Waals surface area contributed by atoms with Gasteiger partial charge in [-0.05, 0) is 36.8 Å². The van der Waals surface area contributed by atoms with Crippen LogP contribution in [-0.4, -0.2) is 39.8 Å². The molecule has 0 unspecified atom stereocenters. The molecule has 6 nitrogen and oxygen atoms in total. The summed E-state index contributed by atoms with van der Waals surface area (Å²) in [4.78, 5) is 12.4.